The zero-order valence-corrected chi connectivity index (χ0v) is 15.5. The van der Waals surface area contributed by atoms with Crippen LogP contribution in [-0.4, -0.2) is 43.8 Å². The van der Waals surface area contributed by atoms with Gasteiger partial charge >= 0.3 is 0 Å². The number of rotatable bonds is 12. The van der Waals surface area contributed by atoms with Gasteiger partial charge in [0.05, 0.1) is 6.67 Å². The van der Waals surface area contributed by atoms with Crippen LogP contribution in [-0.2, 0) is 0 Å². The molecule has 0 heterocycles. The largest absolute Gasteiger partial charge is 0.383 e. The molecule has 0 saturated carbocycles. The van der Waals surface area contributed by atoms with Crippen molar-refractivity contribution in [3.8, 4) is 0 Å². The van der Waals surface area contributed by atoms with Crippen molar-refractivity contribution in [3.05, 3.63) is 60.7 Å². The molecule has 0 aliphatic rings. The van der Waals surface area contributed by atoms with Gasteiger partial charge in [0.2, 0.25) is 0 Å². The zero-order chi connectivity index (χ0) is 17.7. The molecule has 1 atom stereocenters. The van der Waals surface area contributed by atoms with Gasteiger partial charge in [-0.15, -0.1) is 0 Å². The van der Waals surface area contributed by atoms with Gasteiger partial charge in [0, 0.05) is 37.1 Å². The molecule has 0 saturated heterocycles. The van der Waals surface area contributed by atoms with Crippen molar-refractivity contribution < 1.29 is 0 Å². The van der Waals surface area contributed by atoms with Crippen LogP contribution in [0.25, 0.3) is 0 Å². The zero-order valence-electron chi connectivity index (χ0n) is 15.5. The van der Waals surface area contributed by atoms with Crippen molar-refractivity contribution >= 4 is 11.4 Å². The summed E-state index contributed by atoms with van der Waals surface area (Å²) < 4.78 is 0. The smallest absolute Gasteiger partial charge is 0.0678 e. The molecule has 0 aromatic heterocycles. The number of nitrogens with zero attached hydrogens (tertiary/aromatic N) is 1. The third kappa shape index (κ3) is 7.59. The molecule has 1 unspecified atom stereocenters. The number of likely N-dealkylation sites (N-methyl/N-ethyl adjacent to an activating group) is 1. The highest BCUT2D eigenvalue weighted by molar-refractivity contribution is 5.43. The average molecular weight is 341 g/mol. The monoisotopic (exact) mass is 340 g/mol. The van der Waals surface area contributed by atoms with Crippen molar-refractivity contribution in [2.75, 3.05) is 43.5 Å². The van der Waals surface area contributed by atoms with Gasteiger partial charge < -0.3 is 16.0 Å². The van der Waals surface area contributed by atoms with E-state index in [4.69, 9.17) is 0 Å². The molecule has 0 aliphatic heterocycles. The van der Waals surface area contributed by atoms with Crippen LogP contribution in [0.3, 0.4) is 0 Å². The molecule has 4 heteroatoms. The Kier molecular flexibility index (Phi) is 8.87. The van der Waals surface area contributed by atoms with E-state index in [0.29, 0.717) is 6.04 Å². The lowest BCUT2D eigenvalue weighted by Crippen LogP contribution is -2.41. The SMILES string of the molecule is CCC(CNc1ccccc1)NCCN(CC)CNc1ccccc1. The second-order valence-electron chi connectivity index (χ2n) is 6.22. The number of para-hydroxylation sites is 2. The summed E-state index contributed by atoms with van der Waals surface area (Å²) in [5, 5.41) is 10.7. The number of nitrogens with one attached hydrogen (secondary N) is 3. The Labute approximate surface area is 152 Å². The molecular weight excluding hydrogens is 308 g/mol. The van der Waals surface area contributed by atoms with Gasteiger partial charge in [-0.2, -0.15) is 0 Å². The van der Waals surface area contributed by atoms with Crippen LogP contribution in [0.5, 0.6) is 0 Å². The van der Waals surface area contributed by atoms with E-state index in [-0.39, 0.29) is 0 Å². The van der Waals surface area contributed by atoms with E-state index in [0.717, 1.165) is 39.3 Å². The molecule has 0 amide bonds. The van der Waals surface area contributed by atoms with E-state index in [1.54, 1.807) is 0 Å². The molecular formula is C21H32N4. The summed E-state index contributed by atoms with van der Waals surface area (Å²) in [7, 11) is 0. The Hall–Kier alpha value is -2.04. The van der Waals surface area contributed by atoms with E-state index in [1.807, 2.05) is 12.1 Å². The molecule has 0 spiro atoms. The quantitative estimate of drug-likeness (QED) is 0.513. The summed E-state index contributed by atoms with van der Waals surface area (Å²) in [5.41, 5.74) is 2.36. The van der Waals surface area contributed by atoms with E-state index in [1.165, 1.54) is 11.4 Å². The molecule has 25 heavy (non-hydrogen) atoms. The minimum Gasteiger partial charge on any atom is -0.383 e. The summed E-state index contributed by atoms with van der Waals surface area (Å²) >= 11 is 0. The number of hydrogen-bond acceptors (Lipinski definition) is 4. The Morgan fingerprint density at radius 2 is 1.44 bits per heavy atom. The van der Waals surface area contributed by atoms with Crippen molar-refractivity contribution in [1.29, 1.82) is 0 Å². The Morgan fingerprint density at radius 1 is 0.840 bits per heavy atom. The van der Waals surface area contributed by atoms with Gasteiger partial charge in [-0.25, -0.2) is 0 Å². The number of anilines is 2. The topological polar surface area (TPSA) is 39.3 Å². The summed E-state index contributed by atoms with van der Waals surface area (Å²) in [4.78, 5) is 2.41. The molecule has 4 nitrogen and oxygen atoms in total. The van der Waals surface area contributed by atoms with Crippen LogP contribution in [0.1, 0.15) is 20.3 Å². The lowest BCUT2D eigenvalue weighted by Gasteiger charge is -2.24. The second kappa shape index (κ2) is 11.5. The molecule has 136 valence electrons. The first kappa shape index (κ1) is 19.3. The van der Waals surface area contributed by atoms with E-state index in [9.17, 15) is 0 Å². The fraction of sp³-hybridized carbons (Fsp3) is 0.429. The Morgan fingerprint density at radius 3 is 2.00 bits per heavy atom. The Balaban J connectivity index is 1.65. The molecule has 2 aromatic carbocycles. The third-order valence-electron chi connectivity index (χ3n) is 4.41. The highest BCUT2D eigenvalue weighted by atomic mass is 15.2. The molecule has 3 N–H and O–H groups in total. The fourth-order valence-electron chi connectivity index (χ4n) is 2.69. The lowest BCUT2D eigenvalue weighted by molar-refractivity contribution is 0.300. The highest BCUT2D eigenvalue weighted by Gasteiger charge is 2.07. The predicted molar refractivity (Wildman–Crippen MR) is 109 cm³/mol. The third-order valence-corrected chi connectivity index (χ3v) is 4.41. The summed E-state index contributed by atoms with van der Waals surface area (Å²) in [6.07, 6.45) is 1.12. The minimum atomic E-state index is 0.487. The lowest BCUT2D eigenvalue weighted by atomic mass is 10.2. The van der Waals surface area contributed by atoms with Crippen LogP contribution in [0.2, 0.25) is 0 Å². The van der Waals surface area contributed by atoms with E-state index < -0.39 is 0 Å². The summed E-state index contributed by atoms with van der Waals surface area (Å²) in [5.74, 6) is 0. The average Bonchev–Trinajstić information content (AvgIpc) is 2.68. The van der Waals surface area contributed by atoms with Gasteiger partial charge in [-0.1, -0.05) is 50.2 Å². The standard InChI is InChI=1S/C21H32N4/c1-3-19(17-23-20-11-7-5-8-12-20)22-15-16-25(4-2)18-24-21-13-9-6-10-14-21/h5-14,19,22-24H,3-4,15-18H2,1-2H3. The second-order valence-corrected chi connectivity index (χ2v) is 6.22. The maximum absolute atomic E-state index is 3.67. The van der Waals surface area contributed by atoms with Crippen LogP contribution in [0.15, 0.2) is 60.7 Å². The molecule has 0 radical (unpaired) electrons. The van der Waals surface area contributed by atoms with E-state index in [2.05, 4.69) is 83.2 Å². The van der Waals surface area contributed by atoms with Crippen LogP contribution in [0, 0.1) is 0 Å². The van der Waals surface area contributed by atoms with Crippen molar-refractivity contribution in [2.24, 2.45) is 0 Å². The summed E-state index contributed by atoms with van der Waals surface area (Å²) in [6, 6.07) is 21.3. The normalized spacial score (nSPS) is 12.1. The van der Waals surface area contributed by atoms with Crippen LogP contribution >= 0.6 is 0 Å². The molecule has 2 rings (SSSR count). The van der Waals surface area contributed by atoms with Crippen molar-refractivity contribution in [3.63, 3.8) is 0 Å². The minimum absolute atomic E-state index is 0.487. The fourth-order valence-corrected chi connectivity index (χ4v) is 2.69. The van der Waals surface area contributed by atoms with Gasteiger partial charge in [0.15, 0.2) is 0 Å². The van der Waals surface area contributed by atoms with Gasteiger partial charge in [-0.3, -0.25) is 4.90 Å². The maximum atomic E-state index is 3.67. The molecule has 0 fully saturated rings. The van der Waals surface area contributed by atoms with Gasteiger partial charge in [0.25, 0.3) is 0 Å². The molecule has 0 bridgehead atoms. The van der Waals surface area contributed by atoms with Crippen molar-refractivity contribution in [1.82, 2.24) is 10.2 Å². The predicted octanol–water partition coefficient (Wildman–Crippen LogP) is 3.86. The first-order valence-corrected chi connectivity index (χ1v) is 9.35. The summed E-state index contributed by atoms with van der Waals surface area (Å²) in [6.45, 7) is 9.36. The number of benzene rings is 2. The Bertz CT molecular complexity index is 507. The molecule has 2 aromatic rings. The van der Waals surface area contributed by atoms with Gasteiger partial charge in [-0.05, 0) is 37.2 Å². The van der Waals surface area contributed by atoms with Crippen LogP contribution < -0.4 is 16.0 Å². The van der Waals surface area contributed by atoms with Gasteiger partial charge in [0.1, 0.15) is 0 Å². The number of hydrogen-bond donors (Lipinski definition) is 3. The first-order chi connectivity index (χ1) is 12.3. The first-order valence-electron chi connectivity index (χ1n) is 9.35. The molecule has 0 aliphatic carbocycles. The van der Waals surface area contributed by atoms with Crippen LogP contribution in [0.4, 0.5) is 11.4 Å². The highest BCUT2D eigenvalue weighted by Crippen LogP contribution is 2.06. The van der Waals surface area contributed by atoms with Crippen molar-refractivity contribution in [2.45, 2.75) is 26.3 Å². The maximum Gasteiger partial charge on any atom is 0.0678 e. The van der Waals surface area contributed by atoms with E-state index >= 15 is 0 Å².